The van der Waals surface area contributed by atoms with Gasteiger partial charge in [0.1, 0.15) is 0 Å². The van der Waals surface area contributed by atoms with Crippen molar-refractivity contribution in [2.24, 2.45) is 0 Å². The molecule has 0 N–H and O–H groups in total. The molecule has 2 rings (SSSR count). The lowest BCUT2D eigenvalue weighted by Crippen LogP contribution is -2.06. The van der Waals surface area contributed by atoms with E-state index in [9.17, 15) is 4.79 Å². The Morgan fingerprint density at radius 2 is 2.00 bits per heavy atom. The minimum atomic E-state index is -0.000278. The van der Waals surface area contributed by atoms with Gasteiger partial charge in [0.15, 0.2) is 5.78 Å². The molecular formula is C15H19N3OS. The topological polar surface area (TPSA) is 47.8 Å². The number of hydrogen-bond donors (Lipinski definition) is 0. The summed E-state index contributed by atoms with van der Waals surface area (Å²) in [5, 5.41) is 4.45. The first kappa shape index (κ1) is 14.7. The van der Waals surface area contributed by atoms with Crippen LogP contribution in [0.15, 0.2) is 11.6 Å². The van der Waals surface area contributed by atoms with E-state index in [4.69, 9.17) is 0 Å². The Labute approximate surface area is 123 Å². The van der Waals surface area contributed by atoms with Gasteiger partial charge in [0.05, 0.1) is 22.5 Å². The average molecular weight is 289 g/mol. The second kappa shape index (κ2) is 5.71. The van der Waals surface area contributed by atoms with Crippen LogP contribution in [0.1, 0.15) is 52.2 Å². The summed E-state index contributed by atoms with van der Waals surface area (Å²) in [5.41, 5.74) is 5.15. The van der Waals surface area contributed by atoms with Crippen LogP contribution in [0.25, 0.3) is 6.08 Å². The van der Waals surface area contributed by atoms with E-state index in [0.29, 0.717) is 5.56 Å². The molecule has 0 radical (unpaired) electrons. The lowest BCUT2D eigenvalue weighted by molar-refractivity contribution is 0.104. The summed E-state index contributed by atoms with van der Waals surface area (Å²) < 4.78 is 1.90. The molecule has 0 spiro atoms. The Morgan fingerprint density at radius 1 is 1.30 bits per heavy atom. The molecule has 5 heteroatoms. The van der Waals surface area contributed by atoms with E-state index in [2.05, 4.69) is 23.9 Å². The van der Waals surface area contributed by atoms with Gasteiger partial charge in [-0.3, -0.25) is 9.48 Å². The van der Waals surface area contributed by atoms with Gasteiger partial charge in [-0.2, -0.15) is 5.10 Å². The molecule has 0 saturated heterocycles. The lowest BCUT2D eigenvalue weighted by atomic mass is 10.1. The number of ketones is 1. The predicted octanol–water partition coefficient (Wildman–Crippen LogP) is 3.74. The second-order valence-corrected chi connectivity index (χ2v) is 5.97. The van der Waals surface area contributed by atoms with Gasteiger partial charge in [-0.05, 0) is 46.8 Å². The fourth-order valence-electron chi connectivity index (χ4n) is 2.23. The third-order valence-corrected chi connectivity index (χ3v) is 4.13. The van der Waals surface area contributed by atoms with Crippen LogP contribution in [0.5, 0.6) is 0 Å². The van der Waals surface area contributed by atoms with Crippen LogP contribution < -0.4 is 0 Å². The third kappa shape index (κ3) is 2.72. The molecule has 0 unspecified atom stereocenters. The van der Waals surface area contributed by atoms with Crippen molar-refractivity contribution in [1.82, 2.24) is 14.8 Å². The molecule has 0 atom stereocenters. The number of aryl methyl sites for hydroxylation is 2. The SMILES string of the molecule is Cc1ncsc1C=CC(=O)c1c(C)nn(C(C)C)c1C. The highest BCUT2D eigenvalue weighted by Crippen LogP contribution is 2.19. The molecule has 0 aliphatic rings. The van der Waals surface area contributed by atoms with Crippen molar-refractivity contribution in [3.05, 3.63) is 39.1 Å². The third-order valence-electron chi connectivity index (χ3n) is 3.23. The molecule has 106 valence electrons. The van der Waals surface area contributed by atoms with Gasteiger partial charge in [0.25, 0.3) is 0 Å². The minimum absolute atomic E-state index is 0.000278. The molecule has 2 heterocycles. The quantitative estimate of drug-likeness (QED) is 0.636. The number of hydrogen-bond acceptors (Lipinski definition) is 4. The van der Waals surface area contributed by atoms with Gasteiger partial charge in [0.2, 0.25) is 0 Å². The Bertz CT molecular complexity index is 665. The van der Waals surface area contributed by atoms with Crippen molar-refractivity contribution in [2.75, 3.05) is 0 Å². The van der Waals surface area contributed by atoms with E-state index in [1.54, 1.807) is 11.6 Å². The van der Waals surface area contributed by atoms with Crippen LogP contribution in [0.3, 0.4) is 0 Å². The molecule has 0 fully saturated rings. The first-order chi connectivity index (χ1) is 9.41. The Morgan fingerprint density at radius 3 is 2.50 bits per heavy atom. The normalized spacial score (nSPS) is 11.7. The van der Waals surface area contributed by atoms with Gasteiger partial charge in [-0.1, -0.05) is 0 Å². The first-order valence-electron chi connectivity index (χ1n) is 6.60. The molecule has 0 amide bonds. The minimum Gasteiger partial charge on any atom is -0.289 e. The number of aromatic nitrogens is 3. The Balaban J connectivity index is 2.31. The highest BCUT2D eigenvalue weighted by atomic mass is 32.1. The smallest absolute Gasteiger partial charge is 0.189 e. The summed E-state index contributed by atoms with van der Waals surface area (Å²) in [4.78, 5) is 17.6. The molecule has 2 aromatic heterocycles. The van der Waals surface area contributed by atoms with Crippen molar-refractivity contribution in [1.29, 1.82) is 0 Å². The Kier molecular flexibility index (Phi) is 4.18. The van der Waals surface area contributed by atoms with Gasteiger partial charge in [-0.25, -0.2) is 4.98 Å². The lowest BCUT2D eigenvalue weighted by Gasteiger charge is -2.07. The summed E-state index contributed by atoms with van der Waals surface area (Å²) in [7, 11) is 0. The van der Waals surface area contributed by atoms with Crippen LogP contribution in [0.4, 0.5) is 0 Å². The molecule has 4 nitrogen and oxygen atoms in total. The first-order valence-corrected chi connectivity index (χ1v) is 7.48. The second-order valence-electron chi connectivity index (χ2n) is 5.08. The van der Waals surface area contributed by atoms with Gasteiger partial charge < -0.3 is 0 Å². The van der Waals surface area contributed by atoms with E-state index in [1.807, 2.05) is 31.5 Å². The maximum Gasteiger partial charge on any atom is 0.189 e. The van der Waals surface area contributed by atoms with E-state index < -0.39 is 0 Å². The summed E-state index contributed by atoms with van der Waals surface area (Å²) >= 11 is 1.53. The monoisotopic (exact) mass is 289 g/mol. The Hall–Kier alpha value is -1.75. The van der Waals surface area contributed by atoms with Crippen LogP contribution in [0.2, 0.25) is 0 Å². The number of allylic oxidation sites excluding steroid dienone is 1. The largest absolute Gasteiger partial charge is 0.289 e. The molecular weight excluding hydrogens is 270 g/mol. The fourth-order valence-corrected chi connectivity index (χ4v) is 2.92. The molecule has 0 aromatic carbocycles. The summed E-state index contributed by atoms with van der Waals surface area (Å²) in [6, 6.07) is 0.253. The van der Waals surface area contributed by atoms with Gasteiger partial charge >= 0.3 is 0 Å². The number of carbonyl (C=O) groups is 1. The molecule has 0 saturated carbocycles. The highest BCUT2D eigenvalue weighted by Gasteiger charge is 2.17. The van der Waals surface area contributed by atoms with E-state index in [-0.39, 0.29) is 11.8 Å². The number of rotatable bonds is 4. The standard InChI is InChI=1S/C15H19N3OS/c1-9(2)18-12(5)15(11(4)17-18)13(19)6-7-14-10(3)16-8-20-14/h6-9H,1-5H3. The van der Waals surface area contributed by atoms with Crippen LogP contribution in [-0.4, -0.2) is 20.5 Å². The number of thiazole rings is 1. The van der Waals surface area contributed by atoms with E-state index in [1.165, 1.54) is 11.3 Å². The summed E-state index contributed by atoms with van der Waals surface area (Å²) in [6.45, 7) is 9.88. The highest BCUT2D eigenvalue weighted by molar-refractivity contribution is 7.10. The fraction of sp³-hybridized carbons (Fsp3) is 0.400. The maximum atomic E-state index is 12.4. The summed E-state index contributed by atoms with van der Waals surface area (Å²) in [5.74, 6) is -0.000278. The molecule has 0 aliphatic carbocycles. The average Bonchev–Trinajstić information content (AvgIpc) is 2.90. The van der Waals surface area contributed by atoms with Crippen LogP contribution >= 0.6 is 11.3 Å². The molecule has 0 bridgehead atoms. The van der Waals surface area contributed by atoms with Crippen molar-refractivity contribution >= 4 is 23.2 Å². The van der Waals surface area contributed by atoms with Gasteiger partial charge in [-0.15, -0.1) is 11.3 Å². The zero-order valence-corrected chi connectivity index (χ0v) is 13.3. The van der Waals surface area contributed by atoms with Crippen LogP contribution in [-0.2, 0) is 0 Å². The zero-order chi connectivity index (χ0) is 14.9. The van der Waals surface area contributed by atoms with E-state index in [0.717, 1.165) is 22.0 Å². The van der Waals surface area contributed by atoms with Crippen molar-refractivity contribution in [3.8, 4) is 0 Å². The molecule has 20 heavy (non-hydrogen) atoms. The van der Waals surface area contributed by atoms with Crippen molar-refractivity contribution < 1.29 is 4.79 Å². The number of carbonyl (C=O) groups excluding carboxylic acids is 1. The molecule has 2 aromatic rings. The number of nitrogens with zero attached hydrogens (tertiary/aromatic N) is 3. The van der Waals surface area contributed by atoms with Gasteiger partial charge in [0, 0.05) is 16.6 Å². The van der Waals surface area contributed by atoms with Crippen LogP contribution in [0, 0.1) is 20.8 Å². The predicted molar refractivity (Wildman–Crippen MR) is 82.3 cm³/mol. The zero-order valence-electron chi connectivity index (χ0n) is 12.5. The maximum absolute atomic E-state index is 12.4. The molecule has 0 aliphatic heterocycles. The van der Waals surface area contributed by atoms with Crippen molar-refractivity contribution in [2.45, 2.75) is 40.7 Å². The van der Waals surface area contributed by atoms with Crippen molar-refractivity contribution in [3.63, 3.8) is 0 Å². The summed E-state index contributed by atoms with van der Waals surface area (Å²) in [6.07, 6.45) is 3.45. The van der Waals surface area contributed by atoms with E-state index >= 15 is 0 Å².